The quantitative estimate of drug-likeness (QED) is 0.789. The topological polar surface area (TPSA) is 65.0 Å². The van der Waals surface area contributed by atoms with Crippen LogP contribution in [0.15, 0.2) is 48.5 Å². The van der Waals surface area contributed by atoms with Crippen LogP contribution < -0.4 is 15.0 Å². The summed E-state index contributed by atoms with van der Waals surface area (Å²) in [6.07, 6.45) is 0.906. The predicted octanol–water partition coefficient (Wildman–Crippen LogP) is 2.96. The zero-order valence-electron chi connectivity index (χ0n) is 17.0. The summed E-state index contributed by atoms with van der Waals surface area (Å²) in [6.45, 7) is 4.19. The van der Waals surface area contributed by atoms with Gasteiger partial charge in [0.15, 0.2) is 0 Å². The first-order valence-corrected chi connectivity index (χ1v) is 10.3. The third-order valence-electron chi connectivity index (χ3n) is 6.12. The van der Waals surface area contributed by atoms with E-state index in [-0.39, 0.29) is 30.6 Å². The number of fused-ring (bicyclic) bond motifs is 3. The highest BCUT2D eigenvalue weighted by atomic mass is 16.5. The number of benzene rings is 2. The van der Waals surface area contributed by atoms with Gasteiger partial charge in [-0.1, -0.05) is 37.3 Å². The number of carbonyl (C=O) groups excluding carboxylic acids is 1. The van der Waals surface area contributed by atoms with E-state index in [1.165, 1.54) is 5.56 Å². The van der Waals surface area contributed by atoms with Gasteiger partial charge in [0.2, 0.25) is 0 Å². The van der Waals surface area contributed by atoms with Crippen LogP contribution in [0.1, 0.15) is 30.4 Å². The molecule has 1 fully saturated rings. The molecule has 1 saturated heterocycles. The first-order valence-electron chi connectivity index (χ1n) is 10.3. The van der Waals surface area contributed by atoms with Crippen molar-refractivity contribution in [1.29, 1.82) is 0 Å². The van der Waals surface area contributed by atoms with Crippen molar-refractivity contribution in [2.75, 3.05) is 31.7 Å². The van der Waals surface area contributed by atoms with Gasteiger partial charge in [-0.15, -0.1) is 0 Å². The number of aliphatic hydroxyl groups is 1. The summed E-state index contributed by atoms with van der Waals surface area (Å²) >= 11 is 0. The standard InChI is InChI=1S/C23H29N3O3/c1-3-12-24-23(28)26-14-20-22(18-6-4-5-7-19(18)26)21(15-27)25(20)13-16-8-10-17(29-2)11-9-16/h4-11,20-22,27H,3,12-15H2,1-2H3,(H,24,28)/t20-,21-,22+/m1/s1. The molecule has 2 amide bonds. The molecule has 2 aliphatic heterocycles. The number of rotatable bonds is 6. The summed E-state index contributed by atoms with van der Waals surface area (Å²) in [7, 11) is 1.66. The molecule has 2 aliphatic rings. The van der Waals surface area contributed by atoms with Crippen LogP contribution >= 0.6 is 0 Å². The van der Waals surface area contributed by atoms with E-state index in [0.29, 0.717) is 13.1 Å². The van der Waals surface area contributed by atoms with Crippen LogP contribution in [0.25, 0.3) is 0 Å². The maximum absolute atomic E-state index is 12.8. The lowest BCUT2D eigenvalue weighted by molar-refractivity contribution is -0.0485. The minimum absolute atomic E-state index is 0.0467. The lowest BCUT2D eigenvalue weighted by Gasteiger charge is -2.59. The first-order chi connectivity index (χ1) is 14.2. The average Bonchev–Trinajstić information content (AvgIpc) is 2.76. The number of carbonyl (C=O) groups is 1. The van der Waals surface area contributed by atoms with Crippen LogP contribution in [0.3, 0.4) is 0 Å². The normalized spacial score (nSPS) is 23.0. The summed E-state index contributed by atoms with van der Waals surface area (Å²) in [5.41, 5.74) is 3.29. The van der Waals surface area contributed by atoms with Crippen LogP contribution in [0.2, 0.25) is 0 Å². The fourth-order valence-electron chi connectivity index (χ4n) is 4.66. The van der Waals surface area contributed by atoms with Gasteiger partial charge in [-0.05, 0) is 35.7 Å². The van der Waals surface area contributed by atoms with E-state index in [0.717, 1.165) is 30.0 Å². The molecule has 0 bridgehead atoms. The summed E-state index contributed by atoms with van der Waals surface area (Å²) in [5, 5.41) is 13.1. The van der Waals surface area contributed by atoms with E-state index in [1.807, 2.05) is 35.2 Å². The minimum Gasteiger partial charge on any atom is -0.497 e. The molecule has 6 nitrogen and oxygen atoms in total. The molecule has 0 spiro atoms. The highest BCUT2D eigenvalue weighted by molar-refractivity contribution is 5.94. The Hall–Kier alpha value is -2.57. The number of aliphatic hydroxyl groups excluding tert-OH is 1. The van der Waals surface area contributed by atoms with Gasteiger partial charge in [0.05, 0.1) is 13.7 Å². The average molecular weight is 396 g/mol. The number of anilines is 1. The van der Waals surface area contributed by atoms with Crippen molar-refractivity contribution in [2.24, 2.45) is 0 Å². The Bertz CT molecular complexity index is 855. The molecule has 0 saturated carbocycles. The van der Waals surface area contributed by atoms with E-state index in [1.54, 1.807) is 7.11 Å². The number of nitrogens with one attached hydrogen (secondary N) is 1. The Kier molecular flexibility index (Phi) is 5.74. The second kappa shape index (κ2) is 8.43. The Morgan fingerprint density at radius 1 is 1.21 bits per heavy atom. The van der Waals surface area contributed by atoms with E-state index in [9.17, 15) is 9.90 Å². The molecule has 2 N–H and O–H groups in total. The number of amides is 2. The minimum atomic E-state index is -0.0467. The molecule has 6 heteroatoms. The molecule has 2 aromatic carbocycles. The van der Waals surface area contributed by atoms with Crippen LogP contribution in [-0.4, -0.2) is 54.9 Å². The van der Waals surface area contributed by atoms with Crippen LogP contribution in [0, 0.1) is 0 Å². The number of hydrogen-bond donors (Lipinski definition) is 2. The van der Waals surface area contributed by atoms with Gasteiger partial charge >= 0.3 is 6.03 Å². The maximum Gasteiger partial charge on any atom is 0.321 e. The smallest absolute Gasteiger partial charge is 0.321 e. The zero-order valence-corrected chi connectivity index (χ0v) is 17.0. The molecule has 0 unspecified atom stereocenters. The van der Waals surface area contributed by atoms with Gasteiger partial charge in [0.1, 0.15) is 5.75 Å². The van der Waals surface area contributed by atoms with Gasteiger partial charge in [0.25, 0.3) is 0 Å². The van der Waals surface area contributed by atoms with Crippen LogP contribution in [-0.2, 0) is 6.54 Å². The van der Waals surface area contributed by atoms with Crippen LogP contribution in [0.5, 0.6) is 5.75 Å². The van der Waals surface area contributed by atoms with Crippen molar-refractivity contribution in [2.45, 2.75) is 37.9 Å². The highest BCUT2D eigenvalue weighted by Crippen LogP contribution is 2.48. The number of likely N-dealkylation sites (tertiary alicyclic amines) is 1. The van der Waals surface area contributed by atoms with Crippen molar-refractivity contribution in [3.63, 3.8) is 0 Å². The lowest BCUT2D eigenvalue weighted by atomic mass is 9.72. The number of ether oxygens (including phenoxy) is 1. The van der Waals surface area contributed by atoms with Gasteiger partial charge in [-0.2, -0.15) is 0 Å². The Labute approximate surface area is 172 Å². The first kappa shape index (κ1) is 19.7. The summed E-state index contributed by atoms with van der Waals surface area (Å²) < 4.78 is 5.25. The fourth-order valence-corrected chi connectivity index (χ4v) is 4.66. The van der Waals surface area contributed by atoms with Crippen molar-refractivity contribution in [3.8, 4) is 5.75 Å². The zero-order chi connectivity index (χ0) is 20.4. The van der Waals surface area contributed by atoms with Gasteiger partial charge < -0.3 is 15.2 Å². The van der Waals surface area contributed by atoms with E-state index < -0.39 is 0 Å². The summed E-state index contributed by atoms with van der Waals surface area (Å²) in [6, 6.07) is 16.3. The number of hydrogen-bond acceptors (Lipinski definition) is 4. The van der Waals surface area contributed by atoms with E-state index in [4.69, 9.17) is 4.74 Å². The van der Waals surface area contributed by atoms with Gasteiger partial charge in [-0.25, -0.2) is 4.79 Å². The number of urea groups is 1. The molecule has 0 radical (unpaired) electrons. The molecule has 154 valence electrons. The predicted molar refractivity (Wildman–Crippen MR) is 113 cm³/mol. The van der Waals surface area contributed by atoms with Crippen molar-refractivity contribution in [3.05, 3.63) is 59.7 Å². The molecule has 4 rings (SSSR count). The molecular formula is C23H29N3O3. The van der Waals surface area contributed by atoms with Gasteiger partial charge in [0, 0.05) is 43.3 Å². The Morgan fingerprint density at radius 3 is 2.66 bits per heavy atom. The monoisotopic (exact) mass is 395 g/mol. The third-order valence-corrected chi connectivity index (χ3v) is 6.12. The lowest BCUT2D eigenvalue weighted by Crippen LogP contribution is -2.69. The number of methoxy groups -OCH3 is 1. The Balaban J connectivity index is 1.59. The van der Waals surface area contributed by atoms with Crippen LogP contribution in [0.4, 0.5) is 10.5 Å². The van der Waals surface area contributed by atoms with E-state index in [2.05, 4.69) is 35.3 Å². The largest absolute Gasteiger partial charge is 0.497 e. The number of para-hydroxylation sites is 1. The second-order valence-electron chi connectivity index (χ2n) is 7.76. The summed E-state index contributed by atoms with van der Waals surface area (Å²) in [4.78, 5) is 17.0. The van der Waals surface area contributed by atoms with Gasteiger partial charge in [-0.3, -0.25) is 9.80 Å². The van der Waals surface area contributed by atoms with E-state index >= 15 is 0 Å². The number of nitrogens with zero attached hydrogens (tertiary/aromatic N) is 2. The molecule has 0 aromatic heterocycles. The molecule has 3 atom stereocenters. The highest BCUT2D eigenvalue weighted by Gasteiger charge is 2.53. The SMILES string of the molecule is CCCNC(=O)N1C[C@@H]2[C@H](c3ccccc31)[C@@H](CO)N2Cc1ccc(OC)cc1. The fraction of sp³-hybridized carbons (Fsp3) is 0.435. The maximum atomic E-state index is 12.8. The van der Waals surface area contributed by atoms with Crippen molar-refractivity contribution in [1.82, 2.24) is 10.2 Å². The Morgan fingerprint density at radius 2 is 1.97 bits per heavy atom. The van der Waals surface area contributed by atoms with Crippen molar-refractivity contribution >= 4 is 11.7 Å². The summed E-state index contributed by atoms with van der Waals surface area (Å²) in [5.74, 6) is 1.07. The molecule has 29 heavy (non-hydrogen) atoms. The van der Waals surface area contributed by atoms with Crippen molar-refractivity contribution < 1.29 is 14.6 Å². The second-order valence-corrected chi connectivity index (χ2v) is 7.76. The molecular weight excluding hydrogens is 366 g/mol. The molecule has 2 aromatic rings. The molecule has 0 aliphatic carbocycles. The third kappa shape index (κ3) is 3.58. The molecule has 2 heterocycles.